The molecule has 1 heterocycles. The predicted molar refractivity (Wildman–Crippen MR) is 87.9 cm³/mol. The molecule has 0 fully saturated rings. The maximum atomic E-state index is 4.31. The number of hydrogen-bond acceptors (Lipinski definition) is 2. The van der Waals surface area contributed by atoms with E-state index in [0.717, 1.165) is 17.8 Å². The second kappa shape index (κ2) is 5.91. The molecule has 0 saturated carbocycles. The van der Waals surface area contributed by atoms with Crippen molar-refractivity contribution in [3.05, 3.63) is 65.4 Å². The summed E-state index contributed by atoms with van der Waals surface area (Å²) in [6.07, 6.45) is 1.96. The molecule has 2 heteroatoms. The lowest BCUT2D eigenvalue weighted by Gasteiger charge is -2.21. The number of nitrogens with zero attached hydrogens (tertiary/aromatic N) is 1. The standard InChI is InChI=1S/C18H22N2/c1-12(2)18(20-13(3)4)16-8-6-15(7-9-16)17-11-19-10-14(17)5/h6-9,11,18,20H,1,3,10H2,2,4-5H3. The Hall–Kier alpha value is -2.09. The summed E-state index contributed by atoms with van der Waals surface area (Å²) in [7, 11) is 0. The highest BCUT2D eigenvalue weighted by Gasteiger charge is 2.13. The Bertz CT molecular complexity index is 588. The molecule has 1 aliphatic rings. The van der Waals surface area contributed by atoms with Crippen LogP contribution in [0.1, 0.15) is 37.9 Å². The lowest BCUT2D eigenvalue weighted by atomic mass is 9.96. The van der Waals surface area contributed by atoms with Crippen molar-refractivity contribution in [3.8, 4) is 0 Å². The largest absolute Gasteiger partial charge is 0.378 e. The molecule has 0 radical (unpaired) electrons. The molecular weight excluding hydrogens is 244 g/mol. The Labute approximate surface area is 121 Å². The van der Waals surface area contributed by atoms with E-state index in [1.165, 1.54) is 22.3 Å². The van der Waals surface area contributed by atoms with Gasteiger partial charge >= 0.3 is 0 Å². The minimum absolute atomic E-state index is 0.119. The predicted octanol–water partition coefficient (Wildman–Crippen LogP) is 4.28. The molecular formula is C18H22N2. The van der Waals surface area contributed by atoms with Gasteiger partial charge in [-0.2, -0.15) is 0 Å². The van der Waals surface area contributed by atoms with Gasteiger partial charge in [-0.05, 0) is 37.5 Å². The summed E-state index contributed by atoms with van der Waals surface area (Å²) in [5.74, 6) is 0. The molecule has 20 heavy (non-hydrogen) atoms. The van der Waals surface area contributed by atoms with Crippen molar-refractivity contribution in [1.82, 2.24) is 5.32 Å². The van der Waals surface area contributed by atoms with Crippen LogP contribution in [0.4, 0.5) is 0 Å². The molecule has 1 atom stereocenters. The van der Waals surface area contributed by atoms with Crippen LogP contribution in [0, 0.1) is 0 Å². The van der Waals surface area contributed by atoms with E-state index in [0.29, 0.717) is 0 Å². The Morgan fingerprint density at radius 2 is 1.85 bits per heavy atom. The third-order valence-electron chi connectivity index (χ3n) is 3.45. The maximum Gasteiger partial charge on any atom is 0.0718 e. The van der Waals surface area contributed by atoms with Crippen molar-refractivity contribution < 1.29 is 0 Å². The summed E-state index contributed by atoms with van der Waals surface area (Å²) >= 11 is 0. The number of allylic oxidation sites excluding steroid dienone is 2. The SMILES string of the molecule is C=C(C)NC(C(=C)C)c1ccc(C2=C(C)CN=C2)cc1. The van der Waals surface area contributed by atoms with E-state index in [9.17, 15) is 0 Å². The maximum absolute atomic E-state index is 4.31. The monoisotopic (exact) mass is 266 g/mol. The molecule has 0 spiro atoms. The van der Waals surface area contributed by atoms with Crippen LogP contribution < -0.4 is 5.32 Å². The van der Waals surface area contributed by atoms with Crippen LogP contribution in [0.2, 0.25) is 0 Å². The molecule has 1 aromatic rings. The van der Waals surface area contributed by atoms with E-state index in [1.807, 2.05) is 20.1 Å². The summed E-state index contributed by atoms with van der Waals surface area (Å²) in [6.45, 7) is 14.9. The first-order valence-electron chi connectivity index (χ1n) is 6.86. The number of rotatable bonds is 5. The zero-order valence-corrected chi connectivity index (χ0v) is 12.5. The van der Waals surface area contributed by atoms with Crippen LogP contribution in [0.5, 0.6) is 0 Å². The number of hydrogen-bond donors (Lipinski definition) is 1. The summed E-state index contributed by atoms with van der Waals surface area (Å²) in [5, 5.41) is 3.36. The number of nitrogens with one attached hydrogen (secondary N) is 1. The van der Waals surface area contributed by atoms with Crippen LogP contribution in [0.15, 0.2) is 59.3 Å². The zero-order valence-electron chi connectivity index (χ0n) is 12.5. The van der Waals surface area contributed by atoms with Gasteiger partial charge in [0, 0.05) is 17.5 Å². The second-order valence-electron chi connectivity index (χ2n) is 5.49. The van der Waals surface area contributed by atoms with Gasteiger partial charge in [0.1, 0.15) is 0 Å². The fourth-order valence-corrected chi connectivity index (χ4v) is 2.38. The smallest absolute Gasteiger partial charge is 0.0718 e. The van der Waals surface area contributed by atoms with E-state index in [-0.39, 0.29) is 6.04 Å². The van der Waals surface area contributed by atoms with Gasteiger partial charge in [-0.1, -0.05) is 43.0 Å². The summed E-state index contributed by atoms with van der Waals surface area (Å²) in [5.41, 5.74) is 7.04. The van der Waals surface area contributed by atoms with Crippen LogP contribution >= 0.6 is 0 Å². The molecule has 0 bridgehead atoms. The van der Waals surface area contributed by atoms with Crippen LogP contribution in [-0.2, 0) is 0 Å². The molecule has 1 aliphatic heterocycles. The second-order valence-corrected chi connectivity index (χ2v) is 5.49. The van der Waals surface area contributed by atoms with E-state index in [2.05, 4.69) is 54.7 Å². The summed E-state index contributed by atoms with van der Waals surface area (Å²) in [6, 6.07) is 8.73. The van der Waals surface area contributed by atoms with Gasteiger partial charge in [0.25, 0.3) is 0 Å². The van der Waals surface area contributed by atoms with Crippen molar-refractivity contribution in [2.24, 2.45) is 4.99 Å². The topological polar surface area (TPSA) is 24.4 Å². The minimum Gasteiger partial charge on any atom is -0.378 e. The fraction of sp³-hybridized carbons (Fsp3) is 0.278. The average molecular weight is 266 g/mol. The van der Waals surface area contributed by atoms with Crippen molar-refractivity contribution in [1.29, 1.82) is 0 Å². The first-order valence-corrected chi connectivity index (χ1v) is 6.86. The van der Waals surface area contributed by atoms with Gasteiger partial charge in [-0.3, -0.25) is 4.99 Å². The lowest BCUT2D eigenvalue weighted by Crippen LogP contribution is -2.19. The Balaban J connectivity index is 2.27. The minimum atomic E-state index is 0.119. The van der Waals surface area contributed by atoms with E-state index < -0.39 is 0 Å². The molecule has 1 N–H and O–H groups in total. The summed E-state index contributed by atoms with van der Waals surface area (Å²) < 4.78 is 0. The Morgan fingerprint density at radius 3 is 2.30 bits per heavy atom. The van der Waals surface area contributed by atoms with Gasteiger partial charge in [0.15, 0.2) is 0 Å². The molecule has 0 saturated heterocycles. The van der Waals surface area contributed by atoms with Gasteiger partial charge in [-0.25, -0.2) is 0 Å². The molecule has 0 aromatic heterocycles. The molecule has 1 aromatic carbocycles. The van der Waals surface area contributed by atoms with Crippen LogP contribution in [-0.4, -0.2) is 12.8 Å². The van der Waals surface area contributed by atoms with Gasteiger partial charge in [0.2, 0.25) is 0 Å². The molecule has 104 valence electrons. The molecule has 2 nitrogen and oxygen atoms in total. The molecule has 2 rings (SSSR count). The normalized spacial score (nSPS) is 15.3. The highest BCUT2D eigenvalue weighted by atomic mass is 14.9. The van der Waals surface area contributed by atoms with Gasteiger partial charge in [-0.15, -0.1) is 0 Å². The van der Waals surface area contributed by atoms with Crippen molar-refractivity contribution in [2.75, 3.05) is 6.54 Å². The first-order chi connectivity index (χ1) is 9.49. The highest BCUT2D eigenvalue weighted by Crippen LogP contribution is 2.25. The quantitative estimate of drug-likeness (QED) is 0.790. The fourth-order valence-electron chi connectivity index (χ4n) is 2.38. The first kappa shape index (κ1) is 14.3. The third kappa shape index (κ3) is 3.08. The van der Waals surface area contributed by atoms with Crippen molar-refractivity contribution in [2.45, 2.75) is 26.8 Å². The van der Waals surface area contributed by atoms with E-state index >= 15 is 0 Å². The Kier molecular flexibility index (Phi) is 4.23. The Morgan fingerprint density at radius 1 is 1.20 bits per heavy atom. The van der Waals surface area contributed by atoms with E-state index in [1.54, 1.807) is 0 Å². The van der Waals surface area contributed by atoms with Crippen molar-refractivity contribution >= 4 is 11.8 Å². The zero-order chi connectivity index (χ0) is 14.7. The lowest BCUT2D eigenvalue weighted by molar-refractivity contribution is 0.683. The highest BCUT2D eigenvalue weighted by molar-refractivity contribution is 6.12. The van der Waals surface area contributed by atoms with Crippen LogP contribution in [0.3, 0.4) is 0 Å². The van der Waals surface area contributed by atoms with E-state index in [4.69, 9.17) is 0 Å². The molecule has 1 unspecified atom stereocenters. The van der Waals surface area contributed by atoms with Crippen molar-refractivity contribution in [3.63, 3.8) is 0 Å². The molecule has 0 aliphatic carbocycles. The molecule has 0 amide bonds. The van der Waals surface area contributed by atoms with Gasteiger partial charge in [0.05, 0.1) is 12.6 Å². The van der Waals surface area contributed by atoms with Gasteiger partial charge < -0.3 is 5.32 Å². The van der Waals surface area contributed by atoms with Crippen LogP contribution in [0.25, 0.3) is 5.57 Å². The summed E-state index contributed by atoms with van der Waals surface area (Å²) in [4.78, 5) is 4.31. The number of aliphatic imine (C=N–C) groups is 1. The third-order valence-corrected chi connectivity index (χ3v) is 3.45. The number of benzene rings is 1. The average Bonchev–Trinajstić information content (AvgIpc) is 2.82.